The van der Waals surface area contributed by atoms with Gasteiger partial charge in [0.05, 0.1) is 0 Å². The van der Waals surface area contributed by atoms with Crippen LogP contribution in [0.3, 0.4) is 0 Å². The number of halogens is 1. The number of ether oxygens (including phenoxy) is 2. The molecule has 0 fully saturated rings. The summed E-state index contributed by atoms with van der Waals surface area (Å²) in [6.07, 6.45) is 0. The van der Waals surface area contributed by atoms with Crippen LogP contribution >= 0.6 is 0 Å². The summed E-state index contributed by atoms with van der Waals surface area (Å²) < 4.78 is 23.1. The average molecular weight is 289 g/mol. The first-order chi connectivity index (χ1) is 10.2. The van der Waals surface area contributed by atoms with Crippen LogP contribution in [-0.2, 0) is 16.1 Å². The minimum absolute atomic E-state index is 0.0474. The normalized spacial score (nSPS) is 10.2. The first kappa shape index (κ1) is 15.0. The van der Waals surface area contributed by atoms with Crippen molar-refractivity contribution in [1.29, 1.82) is 0 Å². The molecule has 5 heteroatoms. The van der Waals surface area contributed by atoms with Crippen LogP contribution in [0.1, 0.15) is 5.56 Å². The van der Waals surface area contributed by atoms with E-state index in [2.05, 4.69) is 5.32 Å². The van der Waals surface area contributed by atoms with E-state index in [0.717, 1.165) is 5.56 Å². The smallest absolute Gasteiger partial charge is 0.246 e. The lowest BCUT2D eigenvalue weighted by Gasteiger charge is -2.08. The third-order valence-corrected chi connectivity index (χ3v) is 2.74. The van der Waals surface area contributed by atoms with E-state index in [1.54, 1.807) is 24.3 Å². The summed E-state index contributed by atoms with van der Waals surface area (Å²) >= 11 is 0. The van der Waals surface area contributed by atoms with Gasteiger partial charge in [-0.3, -0.25) is 4.79 Å². The van der Waals surface area contributed by atoms with Gasteiger partial charge >= 0.3 is 0 Å². The van der Waals surface area contributed by atoms with E-state index < -0.39 is 0 Å². The van der Waals surface area contributed by atoms with Gasteiger partial charge in [-0.1, -0.05) is 12.1 Å². The Hall–Kier alpha value is -2.40. The van der Waals surface area contributed by atoms with Crippen LogP contribution < -0.4 is 10.1 Å². The van der Waals surface area contributed by atoms with Crippen molar-refractivity contribution in [2.75, 3.05) is 13.7 Å². The summed E-state index contributed by atoms with van der Waals surface area (Å²) in [4.78, 5) is 11.3. The minimum atomic E-state index is -0.301. The lowest BCUT2D eigenvalue weighted by Crippen LogP contribution is -2.26. The third-order valence-electron chi connectivity index (χ3n) is 2.74. The molecule has 0 spiro atoms. The second-order valence-electron chi connectivity index (χ2n) is 4.41. The second kappa shape index (κ2) is 7.40. The van der Waals surface area contributed by atoms with Crippen molar-refractivity contribution in [2.24, 2.45) is 0 Å². The monoisotopic (exact) mass is 289 g/mol. The molecule has 0 atom stereocenters. The van der Waals surface area contributed by atoms with E-state index in [4.69, 9.17) is 9.47 Å². The molecule has 0 heterocycles. The van der Waals surface area contributed by atoms with Gasteiger partial charge < -0.3 is 14.8 Å². The number of carbonyl (C=O) groups excluding carboxylic acids is 1. The number of carbonyl (C=O) groups is 1. The van der Waals surface area contributed by atoms with Crippen LogP contribution in [0, 0.1) is 5.82 Å². The van der Waals surface area contributed by atoms with Crippen molar-refractivity contribution in [2.45, 2.75) is 6.54 Å². The van der Waals surface area contributed by atoms with Gasteiger partial charge in [0.2, 0.25) is 5.91 Å². The van der Waals surface area contributed by atoms with E-state index in [1.165, 1.54) is 19.2 Å². The first-order valence-corrected chi connectivity index (χ1v) is 6.45. The van der Waals surface area contributed by atoms with Gasteiger partial charge in [-0.15, -0.1) is 0 Å². The predicted octanol–water partition coefficient (Wildman–Crippen LogP) is 2.88. The Bertz CT molecular complexity index is 581. The summed E-state index contributed by atoms with van der Waals surface area (Å²) in [5.74, 6) is 0.750. The zero-order valence-corrected chi connectivity index (χ0v) is 11.6. The number of hydrogen-bond acceptors (Lipinski definition) is 3. The maximum Gasteiger partial charge on any atom is 0.246 e. The molecule has 0 radical (unpaired) electrons. The van der Waals surface area contributed by atoms with E-state index in [1.807, 2.05) is 12.1 Å². The fraction of sp³-hybridized carbons (Fsp3) is 0.188. The number of amides is 1. The van der Waals surface area contributed by atoms with Gasteiger partial charge in [-0.25, -0.2) is 4.39 Å². The highest BCUT2D eigenvalue weighted by Crippen LogP contribution is 2.21. The summed E-state index contributed by atoms with van der Waals surface area (Å²) in [7, 11) is 1.47. The van der Waals surface area contributed by atoms with Crippen molar-refractivity contribution in [1.82, 2.24) is 5.32 Å². The molecule has 2 aromatic rings. The maximum atomic E-state index is 12.8. The molecular formula is C16H16FNO3. The molecule has 0 unspecified atom stereocenters. The quantitative estimate of drug-likeness (QED) is 0.889. The number of hydrogen-bond donors (Lipinski definition) is 1. The van der Waals surface area contributed by atoms with E-state index >= 15 is 0 Å². The summed E-state index contributed by atoms with van der Waals surface area (Å²) in [5, 5.41) is 2.73. The molecule has 2 rings (SSSR count). The number of rotatable bonds is 6. The first-order valence-electron chi connectivity index (χ1n) is 6.45. The maximum absolute atomic E-state index is 12.8. The Labute approximate surface area is 122 Å². The molecule has 110 valence electrons. The fourth-order valence-electron chi connectivity index (χ4n) is 1.70. The lowest BCUT2D eigenvalue weighted by molar-refractivity contribution is -0.124. The Kier molecular flexibility index (Phi) is 5.29. The van der Waals surface area contributed by atoms with Gasteiger partial charge in [-0.2, -0.15) is 0 Å². The molecule has 0 aliphatic carbocycles. The van der Waals surface area contributed by atoms with Crippen LogP contribution in [-0.4, -0.2) is 19.6 Å². The third kappa shape index (κ3) is 4.89. The van der Waals surface area contributed by atoms with Gasteiger partial charge in [-0.05, 0) is 42.0 Å². The summed E-state index contributed by atoms with van der Waals surface area (Å²) in [6, 6.07) is 13.1. The highest BCUT2D eigenvalue weighted by atomic mass is 19.1. The standard InChI is InChI=1S/C16H16FNO3/c1-20-11-16(19)18-10-12-2-6-14(7-3-12)21-15-8-4-13(17)5-9-15/h2-9H,10-11H2,1H3,(H,18,19). The highest BCUT2D eigenvalue weighted by molar-refractivity contribution is 5.77. The van der Waals surface area contributed by atoms with E-state index in [0.29, 0.717) is 18.0 Å². The van der Waals surface area contributed by atoms with Crippen molar-refractivity contribution in [3.05, 3.63) is 59.9 Å². The van der Waals surface area contributed by atoms with Crippen molar-refractivity contribution in [3.63, 3.8) is 0 Å². The molecule has 4 nitrogen and oxygen atoms in total. The van der Waals surface area contributed by atoms with Crippen molar-refractivity contribution >= 4 is 5.91 Å². The molecular weight excluding hydrogens is 273 g/mol. The SMILES string of the molecule is COCC(=O)NCc1ccc(Oc2ccc(F)cc2)cc1. The van der Waals surface area contributed by atoms with Crippen molar-refractivity contribution < 1.29 is 18.7 Å². The lowest BCUT2D eigenvalue weighted by atomic mass is 10.2. The summed E-state index contributed by atoms with van der Waals surface area (Å²) in [6.45, 7) is 0.477. The van der Waals surface area contributed by atoms with Crippen LogP contribution in [0.4, 0.5) is 4.39 Å². The van der Waals surface area contributed by atoms with Gasteiger partial charge in [0, 0.05) is 13.7 Å². The predicted molar refractivity (Wildman–Crippen MR) is 76.6 cm³/mol. The van der Waals surface area contributed by atoms with Crippen LogP contribution in [0.5, 0.6) is 11.5 Å². The number of nitrogens with one attached hydrogen (secondary N) is 1. The zero-order chi connectivity index (χ0) is 15.1. The largest absolute Gasteiger partial charge is 0.457 e. The number of benzene rings is 2. The van der Waals surface area contributed by atoms with Gasteiger partial charge in [0.1, 0.15) is 23.9 Å². The fourth-order valence-corrected chi connectivity index (χ4v) is 1.70. The summed E-state index contributed by atoms with van der Waals surface area (Å²) in [5.41, 5.74) is 0.950. The molecule has 0 aliphatic heterocycles. The van der Waals surface area contributed by atoms with Crippen LogP contribution in [0.15, 0.2) is 48.5 Å². The van der Waals surface area contributed by atoms with Gasteiger partial charge in [0.15, 0.2) is 0 Å². The van der Waals surface area contributed by atoms with E-state index in [9.17, 15) is 9.18 Å². The second-order valence-corrected chi connectivity index (χ2v) is 4.41. The Morgan fingerprint density at radius 3 is 2.19 bits per heavy atom. The molecule has 0 aromatic heterocycles. The van der Waals surface area contributed by atoms with Gasteiger partial charge in [0.25, 0.3) is 0 Å². The Morgan fingerprint density at radius 1 is 1.05 bits per heavy atom. The molecule has 0 saturated carbocycles. The van der Waals surface area contributed by atoms with Crippen LogP contribution in [0.2, 0.25) is 0 Å². The molecule has 0 saturated heterocycles. The molecule has 1 N–H and O–H groups in total. The molecule has 0 bridgehead atoms. The highest BCUT2D eigenvalue weighted by Gasteiger charge is 2.01. The Morgan fingerprint density at radius 2 is 1.62 bits per heavy atom. The van der Waals surface area contributed by atoms with Crippen molar-refractivity contribution in [3.8, 4) is 11.5 Å². The molecule has 0 aliphatic rings. The molecule has 21 heavy (non-hydrogen) atoms. The van der Waals surface area contributed by atoms with Crippen LogP contribution in [0.25, 0.3) is 0 Å². The van der Waals surface area contributed by atoms with E-state index in [-0.39, 0.29) is 18.3 Å². The molecule has 1 amide bonds. The number of methoxy groups -OCH3 is 1. The molecule has 2 aromatic carbocycles. The Balaban J connectivity index is 1.89. The topological polar surface area (TPSA) is 47.6 Å². The zero-order valence-electron chi connectivity index (χ0n) is 11.6. The average Bonchev–Trinajstić information content (AvgIpc) is 2.49. The minimum Gasteiger partial charge on any atom is -0.457 e.